The van der Waals surface area contributed by atoms with Gasteiger partial charge in [-0.15, -0.1) is 0 Å². The van der Waals surface area contributed by atoms with Gasteiger partial charge in [0.25, 0.3) is 0 Å². The third-order valence-electron chi connectivity index (χ3n) is 5.44. The molecule has 0 bridgehead atoms. The van der Waals surface area contributed by atoms with Crippen molar-refractivity contribution in [2.45, 2.75) is 44.4 Å². The van der Waals surface area contributed by atoms with E-state index in [0.717, 1.165) is 16.8 Å². The van der Waals surface area contributed by atoms with E-state index in [0.29, 0.717) is 25.9 Å². The molecule has 2 N–H and O–H groups in total. The Morgan fingerprint density at radius 3 is 2.78 bits per heavy atom. The fourth-order valence-electron chi connectivity index (χ4n) is 4.04. The van der Waals surface area contributed by atoms with Crippen LogP contribution in [0.25, 0.3) is 11.3 Å². The number of piperazine rings is 1. The van der Waals surface area contributed by atoms with E-state index >= 15 is 0 Å². The van der Waals surface area contributed by atoms with Gasteiger partial charge in [0.15, 0.2) is 0 Å². The van der Waals surface area contributed by atoms with Crippen LogP contribution in [0.5, 0.6) is 0 Å². The number of rotatable bonds is 5. The molecule has 142 valence electrons. The predicted octanol–water partition coefficient (Wildman–Crippen LogP) is 1.05. The summed E-state index contributed by atoms with van der Waals surface area (Å²) in [5, 5.41) is 11.0. The Labute approximate surface area is 158 Å². The lowest BCUT2D eigenvalue weighted by Crippen LogP contribution is -2.60. The topological polar surface area (TPSA) is 79.3 Å². The number of aryl methyl sites for hydroxylation is 1. The number of nitrogens with zero attached hydrogens (tertiary/aromatic N) is 3. The van der Waals surface area contributed by atoms with Crippen molar-refractivity contribution in [3.63, 3.8) is 0 Å². The third kappa shape index (κ3) is 3.35. The maximum absolute atomic E-state index is 12.5. The minimum Gasteiger partial charge on any atom is -0.343 e. The Bertz CT molecular complexity index is 847. The smallest absolute Gasteiger partial charge is 0.245 e. The third-order valence-corrected chi connectivity index (χ3v) is 5.44. The summed E-state index contributed by atoms with van der Waals surface area (Å²) in [6, 6.07) is 9.48. The predicted molar refractivity (Wildman–Crippen MR) is 102 cm³/mol. The number of benzene rings is 1. The van der Waals surface area contributed by atoms with Crippen LogP contribution in [0.3, 0.4) is 0 Å². The van der Waals surface area contributed by atoms with Gasteiger partial charge in [0, 0.05) is 43.5 Å². The van der Waals surface area contributed by atoms with E-state index in [2.05, 4.69) is 27.9 Å². The number of aromatic nitrogens is 2. The number of hydrogen-bond acceptors (Lipinski definition) is 4. The molecule has 1 aromatic heterocycles. The fourth-order valence-corrected chi connectivity index (χ4v) is 4.04. The van der Waals surface area contributed by atoms with Gasteiger partial charge in [0.1, 0.15) is 12.1 Å². The minimum atomic E-state index is -0.379. The molecule has 7 heteroatoms. The fraction of sp³-hybridized carbons (Fsp3) is 0.450. The highest BCUT2D eigenvalue weighted by Gasteiger charge is 2.45. The number of hydrogen-bond donors (Lipinski definition) is 2. The van der Waals surface area contributed by atoms with Gasteiger partial charge in [0.2, 0.25) is 11.8 Å². The maximum atomic E-state index is 12.5. The highest BCUT2D eigenvalue weighted by atomic mass is 16.2. The first kappa shape index (κ1) is 17.7. The molecule has 0 saturated carbocycles. The molecule has 2 saturated heterocycles. The largest absolute Gasteiger partial charge is 0.343 e. The lowest BCUT2D eigenvalue weighted by molar-refractivity contribution is -0.147. The Kier molecular flexibility index (Phi) is 4.70. The summed E-state index contributed by atoms with van der Waals surface area (Å²) in [5.41, 5.74) is 3.15. The molecule has 0 spiro atoms. The van der Waals surface area contributed by atoms with Crippen molar-refractivity contribution < 1.29 is 9.59 Å². The molecule has 2 aliphatic heterocycles. The van der Waals surface area contributed by atoms with Gasteiger partial charge < -0.3 is 15.5 Å². The average Bonchev–Trinajstić information content (AvgIpc) is 3.27. The monoisotopic (exact) mass is 367 g/mol. The zero-order chi connectivity index (χ0) is 19.0. The Balaban J connectivity index is 1.45. The standard InChI is InChI=1S/C20H25N5O2/c1-3-16-20(27)25-12-15(9-17(25)19(26)22-16)21-10-14-11-24(2)23-18(14)13-7-5-4-6-8-13/h4-8,11,15-17,21H,3,9-10,12H2,1-2H3,(H,22,26)/t15-,16-,17-/m0/s1. The Morgan fingerprint density at radius 1 is 1.26 bits per heavy atom. The van der Waals surface area contributed by atoms with Crippen LogP contribution in [-0.2, 0) is 23.2 Å². The normalized spacial score (nSPS) is 24.8. The van der Waals surface area contributed by atoms with Crippen LogP contribution >= 0.6 is 0 Å². The van der Waals surface area contributed by atoms with Crippen molar-refractivity contribution in [3.8, 4) is 11.3 Å². The van der Waals surface area contributed by atoms with Gasteiger partial charge in [0.05, 0.1) is 5.69 Å². The second-order valence-electron chi connectivity index (χ2n) is 7.33. The molecule has 1 aromatic carbocycles. The quantitative estimate of drug-likeness (QED) is 0.828. The molecule has 0 aliphatic carbocycles. The molecule has 0 radical (unpaired) electrons. The summed E-state index contributed by atoms with van der Waals surface area (Å²) in [6.07, 6.45) is 3.29. The van der Waals surface area contributed by atoms with Crippen LogP contribution in [0.4, 0.5) is 0 Å². The lowest BCUT2D eigenvalue weighted by atomic mass is 10.1. The average molecular weight is 367 g/mol. The summed E-state index contributed by atoms with van der Waals surface area (Å²) >= 11 is 0. The molecule has 2 aromatic rings. The Hall–Kier alpha value is -2.67. The molecule has 3 heterocycles. The SMILES string of the molecule is CC[C@@H]1NC(=O)[C@@H]2C[C@H](NCc3cn(C)nc3-c3ccccc3)CN2C1=O. The summed E-state index contributed by atoms with van der Waals surface area (Å²) < 4.78 is 1.82. The first-order chi connectivity index (χ1) is 13.1. The van der Waals surface area contributed by atoms with Crippen LogP contribution in [0.1, 0.15) is 25.3 Å². The van der Waals surface area contributed by atoms with Gasteiger partial charge >= 0.3 is 0 Å². The molecule has 4 rings (SSSR count). The summed E-state index contributed by atoms with van der Waals surface area (Å²) in [5.74, 6) is 0.00912. The van der Waals surface area contributed by atoms with E-state index in [-0.39, 0.29) is 29.9 Å². The molecular formula is C20H25N5O2. The highest BCUT2D eigenvalue weighted by molar-refractivity contribution is 5.97. The molecule has 0 unspecified atom stereocenters. The zero-order valence-electron chi connectivity index (χ0n) is 15.7. The van der Waals surface area contributed by atoms with Gasteiger partial charge in [-0.2, -0.15) is 5.10 Å². The number of nitrogens with one attached hydrogen (secondary N) is 2. The first-order valence-electron chi connectivity index (χ1n) is 9.49. The van der Waals surface area contributed by atoms with Crippen molar-refractivity contribution in [3.05, 3.63) is 42.1 Å². The minimum absolute atomic E-state index is 0.0305. The highest BCUT2D eigenvalue weighted by Crippen LogP contribution is 2.25. The van der Waals surface area contributed by atoms with Gasteiger partial charge in [-0.05, 0) is 12.8 Å². The van der Waals surface area contributed by atoms with Crippen molar-refractivity contribution in [1.29, 1.82) is 0 Å². The molecule has 27 heavy (non-hydrogen) atoms. The van der Waals surface area contributed by atoms with Crippen molar-refractivity contribution in [2.75, 3.05) is 6.54 Å². The zero-order valence-corrected chi connectivity index (χ0v) is 15.7. The maximum Gasteiger partial charge on any atom is 0.245 e. The van der Waals surface area contributed by atoms with Crippen LogP contribution in [0.15, 0.2) is 36.5 Å². The molecule has 2 amide bonds. The van der Waals surface area contributed by atoms with E-state index in [4.69, 9.17) is 0 Å². The van der Waals surface area contributed by atoms with Crippen molar-refractivity contribution >= 4 is 11.8 Å². The number of amides is 2. The molecule has 7 nitrogen and oxygen atoms in total. The molecular weight excluding hydrogens is 342 g/mol. The number of fused-ring (bicyclic) bond motifs is 1. The van der Waals surface area contributed by atoms with Crippen LogP contribution in [-0.4, -0.2) is 51.2 Å². The summed E-state index contributed by atoms with van der Waals surface area (Å²) in [4.78, 5) is 26.6. The van der Waals surface area contributed by atoms with Crippen LogP contribution < -0.4 is 10.6 Å². The van der Waals surface area contributed by atoms with Gasteiger partial charge in [-0.1, -0.05) is 37.3 Å². The number of carbonyl (C=O) groups excluding carboxylic acids is 2. The van der Waals surface area contributed by atoms with Gasteiger partial charge in [-0.3, -0.25) is 14.3 Å². The molecule has 3 atom stereocenters. The van der Waals surface area contributed by atoms with E-state index in [1.165, 1.54) is 0 Å². The van der Waals surface area contributed by atoms with E-state index in [1.54, 1.807) is 4.90 Å². The van der Waals surface area contributed by atoms with Crippen molar-refractivity contribution in [2.24, 2.45) is 7.05 Å². The second-order valence-corrected chi connectivity index (χ2v) is 7.33. The lowest BCUT2D eigenvalue weighted by Gasteiger charge is -2.33. The van der Waals surface area contributed by atoms with Crippen LogP contribution in [0, 0.1) is 0 Å². The van der Waals surface area contributed by atoms with E-state index in [9.17, 15) is 9.59 Å². The van der Waals surface area contributed by atoms with E-state index in [1.807, 2.05) is 43.0 Å². The summed E-state index contributed by atoms with van der Waals surface area (Å²) in [7, 11) is 1.92. The first-order valence-corrected chi connectivity index (χ1v) is 9.49. The molecule has 2 fully saturated rings. The Morgan fingerprint density at radius 2 is 2.04 bits per heavy atom. The number of carbonyl (C=O) groups is 2. The molecule has 2 aliphatic rings. The van der Waals surface area contributed by atoms with E-state index < -0.39 is 0 Å². The van der Waals surface area contributed by atoms with Crippen molar-refractivity contribution in [1.82, 2.24) is 25.3 Å². The second kappa shape index (κ2) is 7.15. The van der Waals surface area contributed by atoms with Crippen LogP contribution in [0.2, 0.25) is 0 Å². The summed E-state index contributed by atoms with van der Waals surface area (Å²) in [6.45, 7) is 3.15. The van der Waals surface area contributed by atoms with Gasteiger partial charge in [-0.25, -0.2) is 0 Å².